The molecule has 0 aliphatic carbocycles. The molecule has 0 radical (unpaired) electrons. The average Bonchev–Trinajstić information content (AvgIpc) is 2.55. The molecule has 92 valence electrons. The van der Waals surface area contributed by atoms with Crippen LogP contribution < -0.4 is 0 Å². The van der Waals surface area contributed by atoms with Crippen LogP contribution in [-0.2, 0) is 10.1 Å². The molecule has 8 heteroatoms. The SMILES string of the molecule is Cl.O=C(Cl)c1sc2ccccc2c1S(=O)(=O)O. The molecule has 2 rings (SSSR count). The van der Waals surface area contributed by atoms with Gasteiger partial charge in [0.1, 0.15) is 9.77 Å². The number of carbonyl (C=O) groups excluding carboxylic acids is 1. The third-order valence-corrected chi connectivity index (χ3v) is 4.53. The average molecular weight is 313 g/mol. The summed E-state index contributed by atoms with van der Waals surface area (Å²) in [5, 5.41) is -0.590. The van der Waals surface area contributed by atoms with Crippen molar-refractivity contribution in [1.82, 2.24) is 0 Å². The second-order valence-corrected chi connectivity index (χ2v) is 5.76. The molecule has 0 amide bonds. The van der Waals surface area contributed by atoms with Crippen LogP contribution in [-0.4, -0.2) is 18.2 Å². The minimum absolute atomic E-state index is 0. The van der Waals surface area contributed by atoms with Gasteiger partial charge in [0, 0.05) is 10.1 Å². The van der Waals surface area contributed by atoms with Gasteiger partial charge in [-0.05, 0) is 17.7 Å². The summed E-state index contributed by atoms with van der Waals surface area (Å²) < 4.78 is 32.0. The molecule has 1 aromatic carbocycles. The van der Waals surface area contributed by atoms with Crippen molar-refractivity contribution in [3.8, 4) is 0 Å². The molecule has 1 heterocycles. The van der Waals surface area contributed by atoms with Crippen molar-refractivity contribution in [2.75, 3.05) is 0 Å². The van der Waals surface area contributed by atoms with Crippen molar-refractivity contribution in [2.24, 2.45) is 0 Å². The third kappa shape index (κ3) is 2.61. The fourth-order valence-corrected chi connectivity index (χ4v) is 3.89. The van der Waals surface area contributed by atoms with Crippen molar-refractivity contribution >= 4 is 60.8 Å². The summed E-state index contributed by atoms with van der Waals surface area (Å²) in [6, 6.07) is 6.48. The highest BCUT2D eigenvalue weighted by molar-refractivity contribution is 7.86. The smallest absolute Gasteiger partial charge is 0.282 e. The molecule has 1 N–H and O–H groups in total. The van der Waals surface area contributed by atoms with Crippen LogP contribution in [0.2, 0.25) is 0 Å². The van der Waals surface area contributed by atoms with Crippen molar-refractivity contribution in [3.05, 3.63) is 29.1 Å². The van der Waals surface area contributed by atoms with E-state index in [1.54, 1.807) is 18.2 Å². The van der Waals surface area contributed by atoms with Gasteiger partial charge in [-0.15, -0.1) is 23.7 Å². The van der Waals surface area contributed by atoms with Crippen molar-refractivity contribution < 1.29 is 17.8 Å². The van der Waals surface area contributed by atoms with E-state index in [2.05, 4.69) is 0 Å². The first-order valence-corrected chi connectivity index (χ1v) is 6.73. The monoisotopic (exact) mass is 312 g/mol. The maximum atomic E-state index is 11.2. The Morgan fingerprint density at radius 3 is 2.41 bits per heavy atom. The molecule has 0 bridgehead atoms. The van der Waals surface area contributed by atoms with Crippen molar-refractivity contribution in [2.45, 2.75) is 4.90 Å². The summed E-state index contributed by atoms with van der Waals surface area (Å²) in [5.74, 6) is 0. The van der Waals surface area contributed by atoms with Gasteiger partial charge < -0.3 is 0 Å². The highest BCUT2D eigenvalue weighted by Gasteiger charge is 2.25. The van der Waals surface area contributed by atoms with Gasteiger partial charge in [0.25, 0.3) is 15.4 Å². The van der Waals surface area contributed by atoms with E-state index in [0.717, 1.165) is 11.3 Å². The van der Waals surface area contributed by atoms with Gasteiger partial charge in [0.2, 0.25) is 0 Å². The number of benzene rings is 1. The summed E-state index contributed by atoms with van der Waals surface area (Å²) in [4.78, 5) is 10.5. The van der Waals surface area contributed by atoms with Crippen LogP contribution in [0.4, 0.5) is 0 Å². The summed E-state index contributed by atoms with van der Waals surface area (Å²) in [6.45, 7) is 0. The number of rotatable bonds is 2. The van der Waals surface area contributed by atoms with Gasteiger partial charge in [-0.25, -0.2) is 0 Å². The Kier molecular flexibility index (Phi) is 4.16. The van der Waals surface area contributed by atoms with Crippen LogP contribution in [0.5, 0.6) is 0 Å². The van der Waals surface area contributed by atoms with Crippen molar-refractivity contribution in [3.63, 3.8) is 0 Å². The van der Waals surface area contributed by atoms with Gasteiger partial charge in [0.05, 0.1) is 0 Å². The summed E-state index contributed by atoms with van der Waals surface area (Å²) in [6.07, 6.45) is 0. The van der Waals surface area contributed by atoms with Crippen molar-refractivity contribution in [1.29, 1.82) is 0 Å². The summed E-state index contributed by atoms with van der Waals surface area (Å²) in [7, 11) is -4.46. The molecule has 0 unspecified atom stereocenters. The van der Waals surface area contributed by atoms with Gasteiger partial charge in [-0.2, -0.15) is 8.42 Å². The summed E-state index contributed by atoms with van der Waals surface area (Å²) in [5.41, 5.74) is 0. The Labute approximate surface area is 112 Å². The fourth-order valence-electron chi connectivity index (χ4n) is 1.41. The highest BCUT2D eigenvalue weighted by atomic mass is 35.5. The lowest BCUT2D eigenvalue weighted by atomic mass is 10.2. The Hall–Kier alpha value is -0.660. The van der Waals surface area contributed by atoms with Gasteiger partial charge in [0.15, 0.2) is 0 Å². The molecule has 0 saturated heterocycles. The minimum Gasteiger partial charge on any atom is -0.282 e. The molecule has 17 heavy (non-hydrogen) atoms. The molecular weight excluding hydrogens is 307 g/mol. The number of hydrogen-bond acceptors (Lipinski definition) is 4. The highest BCUT2D eigenvalue weighted by Crippen LogP contribution is 2.35. The minimum atomic E-state index is -4.46. The van der Waals surface area contributed by atoms with E-state index >= 15 is 0 Å². The van der Waals surface area contributed by atoms with E-state index in [9.17, 15) is 13.2 Å². The zero-order valence-electron chi connectivity index (χ0n) is 8.08. The maximum absolute atomic E-state index is 11.2. The largest absolute Gasteiger partial charge is 0.296 e. The van der Waals surface area contributed by atoms with E-state index in [0.29, 0.717) is 10.1 Å². The first-order chi connectivity index (χ1) is 7.41. The molecule has 0 atom stereocenters. The predicted octanol–water partition coefficient (Wildman–Crippen LogP) is 2.95. The number of halogens is 2. The number of carbonyl (C=O) groups is 1. The predicted molar refractivity (Wildman–Crippen MR) is 69.1 cm³/mol. The van der Waals surface area contributed by atoms with E-state index < -0.39 is 20.3 Å². The zero-order valence-corrected chi connectivity index (χ0v) is 11.3. The van der Waals surface area contributed by atoms with Crippen LogP contribution in [0.1, 0.15) is 9.67 Å². The van der Waals surface area contributed by atoms with E-state index in [1.165, 1.54) is 6.07 Å². The quantitative estimate of drug-likeness (QED) is 0.683. The zero-order chi connectivity index (χ0) is 11.9. The molecule has 1 aromatic heterocycles. The Morgan fingerprint density at radius 1 is 1.29 bits per heavy atom. The van der Waals surface area contributed by atoms with Gasteiger partial charge in [-0.1, -0.05) is 18.2 Å². The van der Waals surface area contributed by atoms with Crippen LogP contribution in [0, 0.1) is 0 Å². The number of hydrogen-bond donors (Lipinski definition) is 1. The lowest BCUT2D eigenvalue weighted by molar-refractivity contribution is 0.108. The number of thiophene rings is 1. The van der Waals surface area contributed by atoms with E-state index in [4.69, 9.17) is 16.2 Å². The standard InChI is InChI=1S/C9H5ClO4S2.ClH/c10-9(11)7-8(16(12,13)14)5-3-1-2-4-6(5)15-7;/h1-4H,(H,12,13,14);1H. The maximum Gasteiger partial charge on any atom is 0.296 e. The molecule has 0 fully saturated rings. The first kappa shape index (κ1) is 14.4. The Balaban J connectivity index is 0.00000144. The molecule has 0 saturated carbocycles. The third-order valence-electron chi connectivity index (χ3n) is 1.99. The van der Waals surface area contributed by atoms with Gasteiger partial charge in [-0.3, -0.25) is 9.35 Å². The second-order valence-electron chi connectivity index (χ2n) is 3.01. The van der Waals surface area contributed by atoms with Crippen LogP contribution in [0.3, 0.4) is 0 Å². The molecule has 4 nitrogen and oxygen atoms in total. The molecule has 0 aliphatic heterocycles. The van der Waals surface area contributed by atoms with Crippen LogP contribution >= 0.6 is 35.3 Å². The molecule has 2 aromatic rings. The molecule has 0 spiro atoms. The molecule has 0 aliphatic rings. The van der Waals surface area contributed by atoms with Crippen LogP contribution in [0.25, 0.3) is 10.1 Å². The van der Waals surface area contributed by atoms with Gasteiger partial charge >= 0.3 is 0 Å². The van der Waals surface area contributed by atoms with Crippen LogP contribution in [0.15, 0.2) is 29.2 Å². The fraction of sp³-hybridized carbons (Fsp3) is 0. The number of fused-ring (bicyclic) bond motifs is 1. The Bertz CT molecular complexity index is 675. The van der Waals surface area contributed by atoms with E-state index in [-0.39, 0.29) is 17.3 Å². The Morgan fingerprint density at radius 2 is 1.88 bits per heavy atom. The van der Waals surface area contributed by atoms with E-state index in [1.807, 2.05) is 0 Å². The lowest BCUT2D eigenvalue weighted by Crippen LogP contribution is -2.01. The first-order valence-electron chi connectivity index (χ1n) is 4.10. The topological polar surface area (TPSA) is 71.4 Å². The lowest BCUT2D eigenvalue weighted by Gasteiger charge is -1.96. The molecular formula is C9H6Cl2O4S2. The summed E-state index contributed by atoms with van der Waals surface area (Å²) >= 11 is 6.22. The second kappa shape index (κ2) is 4.91. The normalized spacial score (nSPS) is 11.2.